The van der Waals surface area contributed by atoms with E-state index in [0.29, 0.717) is 35.5 Å². The van der Waals surface area contributed by atoms with E-state index in [1.807, 2.05) is 24.3 Å². The third kappa shape index (κ3) is 2.75. The highest BCUT2D eigenvalue weighted by atomic mass is 16.5. The van der Waals surface area contributed by atoms with Crippen molar-refractivity contribution in [3.63, 3.8) is 0 Å². The summed E-state index contributed by atoms with van der Waals surface area (Å²) in [5.41, 5.74) is 2.98. The summed E-state index contributed by atoms with van der Waals surface area (Å²) in [6, 6.07) is 7.56. The molecule has 2 aromatic rings. The first-order chi connectivity index (χ1) is 11.5. The van der Waals surface area contributed by atoms with Crippen LogP contribution in [0.1, 0.15) is 50.1 Å². The molecule has 1 amide bonds. The van der Waals surface area contributed by atoms with Gasteiger partial charge in [-0.2, -0.15) is 0 Å². The van der Waals surface area contributed by atoms with Gasteiger partial charge in [0, 0.05) is 17.7 Å². The van der Waals surface area contributed by atoms with Crippen molar-refractivity contribution in [2.45, 2.75) is 26.3 Å². The number of ether oxygens (including phenoxy) is 2. The zero-order chi connectivity index (χ0) is 17.3. The van der Waals surface area contributed by atoms with Gasteiger partial charge in [-0.25, -0.2) is 4.79 Å². The number of esters is 1. The highest BCUT2D eigenvalue weighted by Crippen LogP contribution is 2.32. The molecule has 0 bridgehead atoms. The average molecular weight is 328 g/mol. The van der Waals surface area contributed by atoms with Crippen LogP contribution < -0.4 is 10.1 Å². The largest absolute Gasteiger partial charge is 0.493 e. The maximum absolute atomic E-state index is 12.7. The SMILES string of the molecule is COC(=O)c1c(C)[nH]c(C(=O)N[C@H]2CCOc3ccccc32)c1C. The van der Waals surface area contributed by atoms with Crippen molar-refractivity contribution in [3.05, 3.63) is 52.3 Å². The first-order valence-electron chi connectivity index (χ1n) is 7.83. The molecule has 0 aliphatic carbocycles. The summed E-state index contributed by atoms with van der Waals surface area (Å²) >= 11 is 0. The smallest absolute Gasteiger partial charge is 0.339 e. The Labute approximate surface area is 140 Å². The van der Waals surface area contributed by atoms with Gasteiger partial charge in [-0.3, -0.25) is 4.79 Å². The lowest BCUT2D eigenvalue weighted by atomic mass is 10.0. The van der Waals surface area contributed by atoms with Crippen molar-refractivity contribution in [2.24, 2.45) is 0 Å². The molecule has 1 atom stereocenters. The number of amides is 1. The highest BCUT2D eigenvalue weighted by Gasteiger charge is 2.26. The van der Waals surface area contributed by atoms with E-state index < -0.39 is 5.97 Å². The second-order valence-electron chi connectivity index (χ2n) is 5.82. The van der Waals surface area contributed by atoms with Gasteiger partial charge in [0.1, 0.15) is 11.4 Å². The van der Waals surface area contributed by atoms with E-state index in [1.54, 1.807) is 13.8 Å². The van der Waals surface area contributed by atoms with E-state index in [4.69, 9.17) is 9.47 Å². The zero-order valence-corrected chi connectivity index (χ0v) is 13.9. The van der Waals surface area contributed by atoms with Crippen LogP contribution in [0.3, 0.4) is 0 Å². The Morgan fingerprint density at radius 1 is 1.29 bits per heavy atom. The molecular weight excluding hydrogens is 308 g/mol. The lowest BCUT2D eigenvalue weighted by Gasteiger charge is -2.26. The third-order valence-corrected chi connectivity index (χ3v) is 4.32. The van der Waals surface area contributed by atoms with Gasteiger partial charge in [0.25, 0.3) is 5.91 Å². The van der Waals surface area contributed by atoms with E-state index in [2.05, 4.69) is 10.3 Å². The number of para-hydroxylation sites is 1. The van der Waals surface area contributed by atoms with Crippen LogP contribution in [0.5, 0.6) is 5.75 Å². The van der Waals surface area contributed by atoms with Crippen LogP contribution >= 0.6 is 0 Å². The fourth-order valence-electron chi connectivity index (χ4n) is 3.11. The van der Waals surface area contributed by atoms with Crippen molar-refractivity contribution < 1.29 is 19.1 Å². The maximum Gasteiger partial charge on any atom is 0.339 e. The van der Waals surface area contributed by atoms with Crippen molar-refractivity contribution in [3.8, 4) is 5.75 Å². The highest BCUT2D eigenvalue weighted by molar-refractivity contribution is 6.00. The Morgan fingerprint density at radius 2 is 2.04 bits per heavy atom. The molecule has 0 saturated carbocycles. The number of nitrogens with one attached hydrogen (secondary N) is 2. The molecule has 2 heterocycles. The number of benzene rings is 1. The number of carbonyl (C=O) groups excluding carboxylic acids is 2. The topological polar surface area (TPSA) is 80.4 Å². The quantitative estimate of drug-likeness (QED) is 0.849. The monoisotopic (exact) mass is 328 g/mol. The fraction of sp³-hybridized carbons (Fsp3) is 0.333. The molecule has 1 aliphatic rings. The minimum absolute atomic E-state index is 0.118. The van der Waals surface area contributed by atoms with E-state index in [-0.39, 0.29) is 11.9 Å². The molecule has 24 heavy (non-hydrogen) atoms. The Morgan fingerprint density at radius 3 is 2.79 bits per heavy atom. The molecule has 0 fully saturated rings. The van der Waals surface area contributed by atoms with Crippen molar-refractivity contribution >= 4 is 11.9 Å². The molecule has 126 valence electrons. The summed E-state index contributed by atoms with van der Waals surface area (Å²) in [4.78, 5) is 27.5. The predicted molar refractivity (Wildman–Crippen MR) is 88.4 cm³/mol. The van der Waals surface area contributed by atoms with Gasteiger partial charge in [-0.05, 0) is 25.5 Å². The van der Waals surface area contributed by atoms with E-state index in [9.17, 15) is 9.59 Å². The number of H-pyrrole nitrogens is 1. The summed E-state index contributed by atoms with van der Waals surface area (Å²) < 4.78 is 10.4. The summed E-state index contributed by atoms with van der Waals surface area (Å²) in [5, 5.41) is 3.03. The number of carbonyl (C=O) groups is 2. The first-order valence-corrected chi connectivity index (χ1v) is 7.83. The van der Waals surface area contributed by atoms with Gasteiger partial charge in [0.2, 0.25) is 0 Å². The van der Waals surface area contributed by atoms with Crippen LogP contribution in [-0.2, 0) is 4.74 Å². The standard InChI is InChI=1S/C18H20N2O4/c1-10-15(18(22)23-3)11(2)19-16(10)17(21)20-13-8-9-24-14-7-5-4-6-12(13)14/h4-7,13,19H,8-9H2,1-3H3,(H,20,21)/t13-/m0/s1. The number of methoxy groups -OCH3 is 1. The number of hydrogen-bond donors (Lipinski definition) is 2. The third-order valence-electron chi connectivity index (χ3n) is 4.32. The number of fused-ring (bicyclic) bond motifs is 1. The molecule has 2 N–H and O–H groups in total. The lowest BCUT2D eigenvalue weighted by molar-refractivity contribution is 0.0599. The van der Waals surface area contributed by atoms with Crippen LogP contribution in [0.25, 0.3) is 0 Å². The van der Waals surface area contributed by atoms with Gasteiger partial charge >= 0.3 is 5.97 Å². The van der Waals surface area contributed by atoms with Crippen molar-refractivity contribution in [1.82, 2.24) is 10.3 Å². The molecule has 0 saturated heterocycles. The minimum atomic E-state index is -0.447. The Balaban J connectivity index is 1.86. The van der Waals surface area contributed by atoms with Crippen molar-refractivity contribution in [2.75, 3.05) is 13.7 Å². The van der Waals surface area contributed by atoms with Gasteiger partial charge in [-0.1, -0.05) is 18.2 Å². The molecule has 0 radical (unpaired) electrons. The minimum Gasteiger partial charge on any atom is -0.493 e. The number of aromatic amines is 1. The lowest BCUT2D eigenvalue weighted by Crippen LogP contribution is -2.32. The van der Waals surface area contributed by atoms with Gasteiger partial charge < -0.3 is 19.8 Å². The number of rotatable bonds is 3. The van der Waals surface area contributed by atoms with Crippen molar-refractivity contribution in [1.29, 1.82) is 0 Å². The summed E-state index contributed by atoms with van der Waals surface area (Å²) in [6.45, 7) is 4.04. The van der Waals surface area contributed by atoms with Crippen LogP contribution in [0.4, 0.5) is 0 Å². The Bertz CT molecular complexity index is 794. The van der Waals surface area contributed by atoms with E-state index in [0.717, 1.165) is 11.3 Å². The summed E-state index contributed by atoms with van der Waals surface area (Å²) in [6.07, 6.45) is 0.700. The van der Waals surface area contributed by atoms with Crippen LogP contribution in [0, 0.1) is 13.8 Å². The van der Waals surface area contributed by atoms with Crippen LogP contribution in [0.15, 0.2) is 24.3 Å². The second-order valence-corrected chi connectivity index (χ2v) is 5.82. The summed E-state index contributed by atoms with van der Waals surface area (Å²) in [7, 11) is 1.33. The van der Waals surface area contributed by atoms with Crippen LogP contribution in [-0.4, -0.2) is 30.6 Å². The normalized spacial score (nSPS) is 16.0. The van der Waals surface area contributed by atoms with Crippen LogP contribution in [0.2, 0.25) is 0 Å². The fourth-order valence-corrected chi connectivity index (χ4v) is 3.11. The Kier molecular flexibility index (Phi) is 4.29. The number of hydrogen-bond acceptors (Lipinski definition) is 4. The van der Waals surface area contributed by atoms with E-state index >= 15 is 0 Å². The molecule has 6 heteroatoms. The maximum atomic E-state index is 12.7. The number of aryl methyl sites for hydroxylation is 1. The number of aromatic nitrogens is 1. The molecule has 0 unspecified atom stereocenters. The molecular formula is C18H20N2O4. The molecule has 1 aliphatic heterocycles. The average Bonchev–Trinajstić information content (AvgIpc) is 2.89. The predicted octanol–water partition coefficient (Wildman–Crippen LogP) is 2.67. The molecule has 1 aromatic carbocycles. The molecule has 1 aromatic heterocycles. The Hall–Kier alpha value is -2.76. The second kappa shape index (κ2) is 6.39. The zero-order valence-electron chi connectivity index (χ0n) is 13.9. The first kappa shape index (κ1) is 16.1. The molecule has 3 rings (SSSR count). The summed E-state index contributed by atoms with van der Waals surface area (Å²) in [5.74, 6) is 0.104. The molecule has 0 spiro atoms. The van der Waals surface area contributed by atoms with Gasteiger partial charge in [0.05, 0.1) is 25.3 Å². The van der Waals surface area contributed by atoms with Gasteiger partial charge in [-0.15, -0.1) is 0 Å². The van der Waals surface area contributed by atoms with E-state index in [1.165, 1.54) is 7.11 Å². The van der Waals surface area contributed by atoms with Gasteiger partial charge in [0.15, 0.2) is 0 Å². The molecule has 6 nitrogen and oxygen atoms in total.